The van der Waals surface area contributed by atoms with Crippen LogP contribution in [0.2, 0.25) is 0 Å². The van der Waals surface area contributed by atoms with Gasteiger partial charge in [0.1, 0.15) is 12.4 Å². The van der Waals surface area contributed by atoms with E-state index in [9.17, 15) is 9.90 Å². The molecule has 2 aromatic rings. The highest BCUT2D eigenvalue weighted by Crippen LogP contribution is 2.36. The summed E-state index contributed by atoms with van der Waals surface area (Å²) in [6.07, 6.45) is -1.08. The van der Waals surface area contributed by atoms with Gasteiger partial charge in [-0.05, 0) is 49.6 Å². The average molecular weight is 394 g/mol. The van der Waals surface area contributed by atoms with E-state index in [0.29, 0.717) is 5.75 Å². The molecule has 0 heterocycles. The van der Waals surface area contributed by atoms with Gasteiger partial charge in [-0.2, -0.15) is 0 Å². The Bertz CT molecular complexity index is 912. The molecule has 2 aromatic carbocycles. The summed E-state index contributed by atoms with van der Waals surface area (Å²) in [5.74, 6) is 0.678. The maximum absolute atomic E-state index is 11.6. The summed E-state index contributed by atoms with van der Waals surface area (Å²) in [7, 11) is 0. The van der Waals surface area contributed by atoms with Gasteiger partial charge in [0.15, 0.2) is 0 Å². The molecule has 0 aliphatic heterocycles. The molecule has 154 valence electrons. The molecule has 0 saturated heterocycles. The fraction of sp³-hybridized carbons (Fsp3) is 0.320. The van der Waals surface area contributed by atoms with E-state index in [0.717, 1.165) is 27.8 Å². The minimum Gasteiger partial charge on any atom is -0.491 e. The van der Waals surface area contributed by atoms with Gasteiger partial charge < -0.3 is 15.2 Å². The van der Waals surface area contributed by atoms with E-state index < -0.39 is 17.0 Å². The van der Waals surface area contributed by atoms with Gasteiger partial charge in [-0.3, -0.25) is 0 Å². The molecule has 0 aliphatic carbocycles. The molecule has 0 spiro atoms. The highest BCUT2D eigenvalue weighted by atomic mass is 16.5. The largest absolute Gasteiger partial charge is 0.491 e. The number of nitrogens with one attached hydrogen (secondary N) is 1. The van der Waals surface area contributed by atoms with Crippen LogP contribution in [0.15, 0.2) is 61.7 Å². The molecule has 2 N–H and O–H groups in total. The minimum absolute atomic E-state index is 0.175. The van der Waals surface area contributed by atoms with Crippen LogP contribution in [0, 0.1) is 0 Å². The van der Waals surface area contributed by atoms with Crippen LogP contribution in [0.5, 0.6) is 5.75 Å². The Balaban J connectivity index is 2.34. The summed E-state index contributed by atoms with van der Waals surface area (Å²) >= 11 is 0. The molecular weight excluding hydrogens is 362 g/mol. The molecular formula is C25H31NO3. The van der Waals surface area contributed by atoms with Crippen molar-refractivity contribution >= 4 is 17.2 Å². The van der Waals surface area contributed by atoms with Crippen molar-refractivity contribution in [2.24, 2.45) is 0 Å². The Morgan fingerprint density at radius 2 is 1.59 bits per heavy atom. The third-order valence-electron chi connectivity index (χ3n) is 5.72. The van der Waals surface area contributed by atoms with Gasteiger partial charge in [0.2, 0.25) is 0 Å². The van der Waals surface area contributed by atoms with E-state index in [-0.39, 0.29) is 6.61 Å². The Morgan fingerprint density at radius 1 is 1.00 bits per heavy atom. The number of allylic oxidation sites excluding steroid dienone is 2. The number of hydrogen-bond donors (Lipinski definition) is 2. The predicted molar refractivity (Wildman–Crippen MR) is 120 cm³/mol. The van der Waals surface area contributed by atoms with Gasteiger partial charge in [-0.1, -0.05) is 74.5 Å². The van der Waals surface area contributed by atoms with Gasteiger partial charge in [0, 0.05) is 5.41 Å². The topological polar surface area (TPSA) is 58.6 Å². The third-order valence-corrected chi connectivity index (χ3v) is 5.72. The summed E-state index contributed by atoms with van der Waals surface area (Å²) in [6, 6.07) is 15.7. The summed E-state index contributed by atoms with van der Waals surface area (Å²) < 4.78 is 6.05. The lowest BCUT2D eigenvalue weighted by atomic mass is 9.69. The van der Waals surface area contributed by atoms with Gasteiger partial charge in [-0.25, -0.2) is 4.79 Å². The first kappa shape index (κ1) is 22.3. The van der Waals surface area contributed by atoms with Crippen molar-refractivity contribution in [3.63, 3.8) is 0 Å². The molecule has 29 heavy (non-hydrogen) atoms. The highest BCUT2D eigenvalue weighted by Gasteiger charge is 2.44. The molecule has 2 rings (SSSR count). The number of benzene rings is 2. The van der Waals surface area contributed by atoms with Crippen molar-refractivity contribution in [3.8, 4) is 5.75 Å². The second-order valence-electron chi connectivity index (χ2n) is 8.34. The Hall–Kier alpha value is -3.01. The van der Waals surface area contributed by atoms with Crippen LogP contribution in [-0.2, 0) is 5.41 Å². The lowest BCUT2D eigenvalue weighted by molar-refractivity contribution is 0.112. The number of amides is 1. The molecule has 4 heteroatoms. The average Bonchev–Trinajstić information content (AvgIpc) is 2.66. The monoisotopic (exact) mass is 393 g/mol. The number of rotatable bonds is 8. The van der Waals surface area contributed by atoms with E-state index >= 15 is 0 Å². The highest BCUT2D eigenvalue weighted by molar-refractivity contribution is 5.66. The molecule has 1 unspecified atom stereocenters. The molecule has 0 aromatic heterocycles. The van der Waals surface area contributed by atoms with Crippen molar-refractivity contribution < 1.29 is 14.6 Å². The number of carboxylic acid groups (broad SMARTS) is 1. The quantitative estimate of drug-likeness (QED) is 0.567. The second kappa shape index (κ2) is 8.56. The third kappa shape index (κ3) is 5.08. The zero-order valence-corrected chi connectivity index (χ0v) is 18.0. The first-order valence-corrected chi connectivity index (χ1v) is 9.62. The van der Waals surface area contributed by atoms with Crippen molar-refractivity contribution in [2.75, 3.05) is 6.61 Å². The Labute approximate surface area is 173 Å². The van der Waals surface area contributed by atoms with Crippen molar-refractivity contribution in [1.82, 2.24) is 5.32 Å². The van der Waals surface area contributed by atoms with E-state index in [2.05, 4.69) is 18.5 Å². The van der Waals surface area contributed by atoms with Crippen LogP contribution in [0.4, 0.5) is 4.79 Å². The second-order valence-corrected chi connectivity index (χ2v) is 8.34. The lowest BCUT2D eigenvalue weighted by Gasteiger charge is -2.44. The first-order chi connectivity index (χ1) is 13.5. The first-order valence-electron chi connectivity index (χ1n) is 9.62. The van der Waals surface area contributed by atoms with Gasteiger partial charge in [-0.15, -0.1) is 0 Å². The summed E-state index contributed by atoms with van der Waals surface area (Å²) in [4.78, 5) is 11.6. The van der Waals surface area contributed by atoms with Crippen LogP contribution in [-0.4, -0.2) is 23.3 Å². The standard InChI is InChI=1S/C25H31NO3/c1-17(2)19-11-13-21(14-12-19)24(5,6)25(7,26-23(27)28)16-29-22-10-8-9-20(15-22)18(3)4/h8-15,26H,1,3,16H2,2,4-7H3,(H,27,28). The van der Waals surface area contributed by atoms with Gasteiger partial charge in [0.25, 0.3) is 0 Å². The molecule has 1 amide bonds. The SMILES string of the molecule is C=C(C)c1ccc(C(C)(C)C(C)(COc2cccc(C(=C)C)c2)NC(=O)O)cc1. The van der Waals surface area contributed by atoms with E-state index in [1.807, 2.05) is 83.1 Å². The van der Waals surface area contributed by atoms with Crippen molar-refractivity contribution in [1.29, 1.82) is 0 Å². The molecule has 4 nitrogen and oxygen atoms in total. The molecule has 0 radical (unpaired) electrons. The van der Waals surface area contributed by atoms with Crippen LogP contribution in [0.1, 0.15) is 51.3 Å². The Kier molecular flexibility index (Phi) is 6.58. The van der Waals surface area contributed by atoms with E-state index in [4.69, 9.17) is 4.74 Å². The molecule has 0 fully saturated rings. The van der Waals surface area contributed by atoms with Crippen LogP contribution >= 0.6 is 0 Å². The number of carbonyl (C=O) groups is 1. The maximum atomic E-state index is 11.6. The lowest BCUT2D eigenvalue weighted by Crippen LogP contribution is -2.61. The van der Waals surface area contributed by atoms with Gasteiger partial charge in [0.05, 0.1) is 5.54 Å². The summed E-state index contributed by atoms with van der Waals surface area (Å²) in [5.41, 5.74) is 3.59. The normalized spacial score (nSPS) is 13.3. The van der Waals surface area contributed by atoms with Crippen molar-refractivity contribution in [2.45, 2.75) is 45.6 Å². The smallest absolute Gasteiger partial charge is 0.405 e. The maximum Gasteiger partial charge on any atom is 0.405 e. The van der Waals surface area contributed by atoms with Gasteiger partial charge >= 0.3 is 6.09 Å². The van der Waals surface area contributed by atoms with E-state index in [1.54, 1.807) is 0 Å². The minimum atomic E-state index is -1.08. The molecule has 0 saturated carbocycles. The zero-order valence-electron chi connectivity index (χ0n) is 18.0. The van der Waals surface area contributed by atoms with Crippen LogP contribution < -0.4 is 10.1 Å². The zero-order chi connectivity index (χ0) is 21.8. The number of hydrogen-bond acceptors (Lipinski definition) is 2. The van der Waals surface area contributed by atoms with Crippen LogP contribution in [0.25, 0.3) is 11.1 Å². The van der Waals surface area contributed by atoms with Crippen molar-refractivity contribution in [3.05, 3.63) is 78.4 Å². The van der Waals surface area contributed by atoms with E-state index in [1.165, 1.54) is 0 Å². The fourth-order valence-electron chi connectivity index (χ4n) is 3.18. The summed E-state index contributed by atoms with van der Waals surface area (Å²) in [6.45, 7) is 17.9. The number of ether oxygens (including phenoxy) is 1. The molecule has 0 bridgehead atoms. The summed E-state index contributed by atoms with van der Waals surface area (Å²) in [5, 5.41) is 12.2. The molecule has 0 aliphatic rings. The molecule has 1 atom stereocenters. The fourth-order valence-corrected chi connectivity index (χ4v) is 3.18. The predicted octanol–water partition coefficient (Wildman–Crippen LogP) is 6.14. The van der Waals surface area contributed by atoms with Crippen LogP contribution in [0.3, 0.4) is 0 Å². The Morgan fingerprint density at radius 3 is 2.10 bits per heavy atom.